The molecule has 6 heteroatoms. The molecule has 0 aliphatic carbocycles. The minimum absolute atomic E-state index is 0.292. The minimum atomic E-state index is 0.292. The molecule has 0 spiro atoms. The summed E-state index contributed by atoms with van der Waals surface area (Å²) in [6, 6.07) is 14.2. The normalized spacial score (nSPS) is 14.9. The second-order valence-corrected chi connectivity index (χ2v) is 7.85. The number of nitriles is 1. The summed E-state index contributed by atoms with van der Waals surface area (Å²) in [5.74, 6) is 0. The van der Waals surface area contributed by atoms with Gasteiger partial charge in [0, 0.05) is 42.1 Å². The van der Waals surface area contributed by atoms with Crippen LogP contribution in [0.5, 0.6) is 0 Å². The Bertz CT molecular complexity index is 961. The molecule has 1 aliphatic heterocycles. The Morgan fingerprint density at radius 3 is 2.44 bits per heavy atom. The monoisotopic (exact) mass is 375 g/mol. The molecule has 0 amide bonds. The van der Waals surface area contributed by atoms with Crippen molar-refractivity contribution < 1.29 is 0 Å². The van der Waals surface area contributed by atoms with Crippen LogP contribution >= 0.6 is 11.3 Å². The molecule has 0 radical (unpaired) electrons. The number of hydrogen-bond acceptors (Lipinski definition) is 6. The topological polar surface area (TPSA) is 78.8 Å². The molecule has 3 aromatic rings. The molecule has 0 bridgehead atoms. The van der Waals surface area contributed by atoms with Crippen molar-refractivity contribution in [2.45, 2.75) is 25.8 Å². The summed E-state index contributed by atoms with van der Waals surface area (Å²) >= 11 is 1.70. The van der Waals surface area contributed by atoms with E-state index in [2.05, 4.69) is 22.0 Å². The maximum atomic E-state index is 9.06. The second kappa shape index (κ2) is 7.47. The fourth-order valence-electron chi connectivity index (χ4n) is 3.23. The number of thiazole rings is 1. The van der Waals surface area contributed by atoms with Crippen LogP contribution in [-0.4, -0.2) is 29.1 Å². The first-order valence-corrected chi connectivity index (χ1v) is 9.90. The lowest BCUT2D eigenvalue weighted by Crippen LogP contribution is -2.39. The summed E-state index contributed by atoms with van der Waals surface area (Å²) in [6.45, 7) is 3.86. The molecule has 136 valence electrons. The molecule has 0 unspecified atom stereocenters. The van der Waals surface area contributed by atoms with Gasteiger partial charge in [0.15, 0.2) is 5.13 Å². The van der Waals surface area contributed by atoms with E-state index >= 15 is 0 Å². The molecule has 0 saturated carbocycles. The highest BCUT2D eigenvalue weighted by atomic mass is 32.1. The van der Waals surface area contributed by atoms with Crippen LogP contribution < -0.4 is 10.6 Å². The van der Waals surface area contributed by atoms with E-state index in [1.54, 1.807) is 11.3 Å². The van der Waals surface area contributed by atoms with E-state index in [9.17, 15) is 0 Å². The fraction of sp³-hybridized carbons (Fsp3) is 0.286. The lowest BCUT2D eigenvalue weighted by Gasteiger charge is -2.29. The largest absolute Gasteiger partial charge is 0.348 e. The molecular formula is C21H21N5S. The van der Waals surface area contributed by atoms with Gasteiger partial charge in [-0.25, -0.2) is 4.98 Å². The number of aromatic nitrogens is 2. The Kier molecular flexibility index (Phi) is 4.88. The lowest BCUT2D eigenvalue weighted by atomic mass is 10.1. The van der Waals surface area contributed by atoms with Crippen molar-refractivity contribution in [1.29, 1.82) is 5.26 Å². The van der Waals surface area contributed by atoms with Crippen LogP contribution in [-0.2, 0) is 0 Å². The molecule has 1 saturated heterocycles. The number of rotatable bonds is 3. The van der Waals surface area contributed by atoms with E-state index in [-0.39, 0.29) is 0 Å². The van der Waals surface area contributed by atoms with E-state index in [0.29, 0.717) is 11.6 Å². The third-order valence-electron chi connectivity index (χ3n) is 4.89. The number of hydrogen-bond donors (Lipinski definition) is 1. The summed E-state index contributed by atoms with van der Waals surface area (Å²) in [6.07, 6.45) is 3.90. The van der Waals surface area contributed by atoms with Crippen LogP contribution in [0.3, 0.4) is 0 Å². The van der Waals surface area contributed by atoms with Gasteiger partial charge in [0.25, 0.3) is 0 Å². The maximum absolute atomic E-state index is 9.06. The molecule has 0 atom stereocenters. The van der Waals surface area contributed by atoms with Crippen LogP contribution in [0.25, 0.3) is 21.7 Å². The summed E-state index contributed by atoms with van der Waals surface area (Å²) in [5.41, 5.74) is 10.7. The van der Waals surface area contributed by atoms with Crippen molar-refractivity contribution in [3.8, 4) is 27.8 Å². The number of pyridine rings is 1. The van der Waals surface area contributed by atoms with Gasteiger partial charge in [-0.3, -0.25) is 4.98 Å². The summed E-state index contributed by atoms with van der Waals surface area (Å²) in [7, 11) is 0. The molecule has 1 fully saturated rings. The van der Waals surface area contributed by atoms with E-state index in [1.165, 1.54) is 0 Å². The molecule has 4 rings (SSSR count). The molecule has 27 heavy (non-hydrogen) atoms. The van der Waals surface area contributed by atoms with Gasteiger partial charge < -0.3 is 10.6 Å². The SMILES string of the molecule is Cc1ccc(-c2sc(N3CCC(N)CC3)nc2-c2ccc(C#N)cc2)cn1. The zero-order valence-electron chi connectivity index (χ0n) is 15.2. The smallest absolute Gasteiger partial charge is 0.186 e. The zero-order valence-corrected chi connectivity index (χ0v) is 16.0. The number of benzene rings is 1. The minimum Gasteiger partial charge on any atom is -0.348 e. The Balaban J connectivity index is 1.77. The highest BCUT2D eigenvalue weighted by molar-refractivity contribution is 7.19. The maximum Gasteiger partial charge on any atom is 0.186 e. The van der Waals surface area contributed by atoms with Crippen LogP contribution in [0, 0.1) is 18.3 Å². The quantitative estimate of drug-likeness (QED) is 0.749. The zero-order chi connectivity index (χ0) is 18.8. The fourth-order valence-corrected chi connectivity index (χ4v) is 4.36. The first-order valence-electron chi connectivity index (χ1n) is 9.09. The molecule has 1 aromatic carbocycles. The van der Waals surface area contributed by atoms with Gasteiger partial charge in [0.2, 0.25) is 0 Å². The highest BCUT2D eigenvalue weighted by Gasteiger charge is 2.22. The molecule has 1 aliphatic rings. The van der Waals surface area contributed by atoms with Crippen molar-refractivity contribution in [2.75, 3.05) is 18.0 Å². The Morgan fingerprint density at radius 2 is 1.81 bits per heavy atom. The van der Waals surface area contributed by atoms with Gasteiger partial charge in [0.05, 0.1) is 22.2 Å². The second-order valence-electron chi connectivity index (χ2n) is 6.88. The Hall–Kier alpha value is -2.75. The molecule has 2 N–H and O–H groups in total. The predicted molar refractivity (Wildman–Crippen MR) is 110 cm³/mol. The Morgan fingerprint density at radius 1 is 1.11 bits per heavy atom. The van der Waals surface area contributed by atoms with Gasteiger partial charge >= 0.3 is 0 Å². The summed E-state index contributed by atoms with van der Waals surface area (Å²) in [4.78, 5) is 12.9. The average Bonchev–Trinajstić information content (AvgIpc) is 3.14. The first-order chi connectivity index (χ1) is 13.1. The van der Waals surface area contributed by atoms with E-state index in [0.717, 1.165) is 58.5 Å². The van der Waals surface area contributed by atoms with E-state index < -0.39 is 0 Å². The van der Waals surface area contributed by atoms with Gasteiger partial charge in [-0.15, -0.1) is 0 Å². The summed E-state index contributed by atoms with van der Waals surface area (Å²) < 4.78 is 0. The molecule has 3 heterocycles. The predicted octanol–water partition coefficient (Wildman–Crippen LogP) is 3.98. The van der Waals surface area contributed by atoms with Crippen LogP contribution in [0.1, 0.15) is 24.1 Å². The number of anilines is 1. The average molecular weight is 376 g/mol. The first kappa shape index (κ1) is 17.7. The number of piperidine rings is 1. The third kappa shape index (κ3) is 3.70. The number of aryl methyl sites for hydroxylation is 1. The van der Waals surface area contributed by atoms with Crippen molar-refractivity contribution in [3.63, 3.8) is 0 Å². The molecule has 5 nitrogen and oxygen atoms in total. The summed E-state index contributed by atoms with van der Waals surface area (Å²) in [5, 5.41) is 10.1. The van der Waals surface area contributed by atoms with Crippen LogP contribution in [0.15, 0.2) is 42.6 Å². The van der Waals surface area contributed by atoms with Crippen LogP contribution in [0.4, 0.5) is 5.13 Å². The molecule has 2 aromatic heterocycles. The van der Waals surface area contributed by atoms with E-state index in [1.807, 2.05) is 43.5 Å². The van der Waals surface area contributed by atoms with Crippen molar-refractivity contribution in [2.24, 2.45) is 5.73 Å². The highest BCUT2D eigenvalue weighted by Crippen LogP contribution is 2.40. The lowest BCUT2D eigenvalue weighted by molar-refractivity contribution is 0.501. The van der Waals surface area contributed by atoms with Gasteiger partial charge in [0.1, 0.15) is 0 Å². The third-order valence-corrected chi connectivity index (χ3v) is 6.05. The number of nitrogens with zero attached hydrogens (tertiary/aromatic N) is 4. The number of nitrogens with two attached hydrogens (primary N) is 1. The van der Waals surface area contributed by atoms with Gasteiger partial charge in [-0.2, -0.15) is 5.26 Å². The van der Waals surface area contributed by atoms with Crippen molar-refractivity contribution in [1.82, 2.24) is 9.97 Å². The van der Waals surface area contributed by atoms with Crippen molar-refractivity contribution in [3.05, 3.63) is 53.9 Å². The van der Waals surface area contributed by atoms with Gasteiger partial charge in [-0.05, 0) is 38.0 Å². The van der Waals surface area contributed by atoms with Crippen molar-refractivity contribution >= 4 is 16.5 Å². The van der Waals surface area contributed by atoms with Gasteiger partial charge in [-0.1, -0.05) is 29.5 Å². The Labute approximate surface area is 163 Å². The van der Waals surface area contributed by atoms with Crippen LogP contribution in [0.2, 0.25) is 0 Å². The molecular weight excluding hydrogens is 354 g/mol. The van der Waals surface area contributed by atoms with E-state index in [4.69, 9.17) is 16.0 Å². The standard InChI is InChI=1S/C21H21N5S/c1-14-2-5-17(13-24-14)20-19(16-6-3-15(12-22)4-7-16)25-21(27-20)26-10-8-18(23)9-11-26/h2-7,13,18H,8-11,23H2,1H3.